The number of ketones is 1. The fourth-order valence-electron chi connectivity index (χ4n) is 0.898. The lowest BCUT2D eigenvalue weighted by Gasteiger charge is -2.15. The predicted octanol–water partition coefficient (Wildman–Crippen LogP) is -0.593. The minimum absolute atomic E-state index is 0.249. The molecule has 1 N–H and O–H groups in total. The summed E-state index contributed by atoms with van der Waals surface area (Å²) >= 11 is 0. The topological polar surface area (TPSA) is 64.6 Å². The normalized spacial score (nSPS) is 24.8. The van der Waals surface area contributed by atoms with E-state index in [0.29, 0.717) is 6.42 Å². The van der Waals surface area contributed by atoms with E-state index >= 15 is 0 Å². The lowest BCUT2D eigenvalue weighted by Crippen LogP contribution is -2.32. The van der Waals surface area contributed by atoms with E-state index in [9.17, 15) is 9.59 Å². The van der Waals surface area contributed by atoms with Crippen LogP contribution < -0.4 is 5.39 Å². The van der Waals surface area contributed by atoms with E-state index in [1.54, 1.807) is 7.41 Å². The molecule has 1 aliphatic rings. The number of carbonyl (C=O) groups excluding carboxylic acids is 2. The van der Waals surface area contributed by atoms with Gasteiger partial charge in [0.1, 0.15) is 0 Å². The van der Waals surface area contributed by atoms with Gasteiger partial charge in [-0.3, -0.25) is 9.59 Å². The molecule has 0 amide bonds. The van der Waals surface area contributed by atoms with Gasteiger partial charge in [0.2, 0.25) is 13.2 Å². The molecule has 1 aliphatic heterocycles. The van der Waals surface area contributed by atoms with Crippen molar-refractivity contribution in [2.45, 2.75) is 25.3 Å². The number of hydrogen-bond donors (Lipinski definition) is 1. The third-order valence-electron chi connectivity index (χ3n) is 1.54. The van der Waals surface area contributed by atoms with E-state index in [4.69, 9.17) is 0 Å². The van der Waals surface area contributed by atoms with E-state index in [-0.39, 0.29) is 6.29 Å². The van der Waals surface area contributed by atoms with Gasteiger partial charge in [-0.05, 0) is 6.42 Å². The molecule has 0 aromatic rings. The Morgan fingerprint density at radius 2 is 2.50 bits per heavy atom. The molecular formula is C6H9BNO4. The summed E-state index contributed by atoms with van der Waals surface area (Å²) in [6.45, 7) is 0. The van der Waals surface area contributed by atoms with Crippen molar-refractivity contribution in [2.75, 3.05) is 0 Å². The van der Waals surface area contributed by atoms with Crippen molar-refractivity contribution in [3.8, 4) is 0 Å². The fourth-order valence-corrected chi connectivity index (χ4v) is 0.898. The van der Waals surface area contributed by atoms with Gasteiger partial charge in [-0.1, -0.05) is 12.7 Å². The molecule has 1 radical (unpaired) electrons. The first-order chi connectivity index (χ1) is 5.84. The Morgan fingerprint density at radius 3 is 3.25 bits per heavy atom. The maximum atomic E-state index is 10.8. The SMILES string of the molecule is O=CC(=O)C1CCC[B]NOO1. The molecule has 12 heavy (non-hydrogen) atoms. The maximum Gasteiger partial charge on any atom is 0.245 e. The number of nitrogens with one attached hydrogen (secondary N) is 1. The predicted molar refractivity (Wildman–Crippen MR) is 40.0 cm³/mol. The average molecular weight is 170 g/mol. The van der Waals surface area contributed by atoms with Crippen LogP contribution in [-0.2, 0) is 19.5 Å². The van der Waals surface area contributed by atoms with E-state index in [0.717, 1.165) is 12.7 Å². The summed E-state index contributed by atoms with van der Waals surface area (Å²) in [6.07, 6.45) is 1.57. The highest BCUT2D eigenvalue weighted by Crippen LogP contribution is 2.07. The zero-order chi connectivity index (χ0) is 8.81. The van der Waals surface area contributed by atoms with Crippen LogP contribution in [0.2, 0.25) is 6.32 Å². The van der Waals surface area contributed by atoms with Gasteiger partial charge in [-0.2, -0.15) is 4.99 Å². The summed E-state index contributed by atoms with van der Waals surface area (Å²) < 4.78 is 0. The van der Waals surface area contributed by atoms with Crippen molar-refractivity contribution >= 4 is 19.5 Å². The number of rotatable bonds is 2. The van der Waals surface area contributed by atoms with E-state index in [2.05, 4.69) is 15.3 Å². The molecule has 1 fully saturated rings. The summed E-state index contributed by atoms with van der Waals surface area (Å²) in [5.74, 6) is -0.585. The highest BCUT2D eigenvalue weighted by atomic mass is 17.3. The molecule has 0 spiro atoms. The van der Waals surface area contributed by atoms with Crippen LogP contribution in [0.3, 0.4) is 0 Å². The second-order valence-electron chi connectivity index (χ2n) is 2.44. The Morgan fingerprint density at radius 1 is 1.67 bits per heavy atom. The molecular weight excluding hydrogens is 161 g/mol. The Labute approximate surface area is 70.6 Å². The smallest absolute Gasteiger partial charge is 0.245 e. The van der Waals surface area contributed by atoms with Crippen LogP contribution in [0.5, 0.6) is 0 Å². The molecule has 65 valence electrons. The first-order valence-electron chi connectivity index (χ1n) is 3.73. The van der Waals surface area contributed by atoms with Gasteiger partial charge in [-0.25, -0.2) is 10.3 Å². The van der Waals surface area contributed by atoms with E-state index in [1.807, 2.05) is 0 Å². The van der Waals surface area contributed by atoms with Gasteiger partial charge in [0.05, 0.1) is 0 Å². The molecule has 5 nitrogen and oxygen atoms in total. The van der Waals surface area contributed by atoms with Gasteiger partial charge in [0.15, 0.2) is 12.4 Å². The standard InChI is InChI=1S/C6H9BNO4/c9-4-5(10)6-2-1-3-7-8-12-11-6/h4,6,8H,1-3H2. The first-order valence-corrected chi connectivity index (χ1v) is 3.73. The fraction of sp³-hybridized carbons (Fsp3) is 0.667. The van der Waals surface area contributed by atoms with Crippen LogP contribution in [0.25, 0.3) is 0 Å². The first kappa shape index (κ1) is 9.37. The molecule has 0 aromatic carbocycles. The Bertz CT molecular complexity index is 167. The summed E-state index contributed by atoms with van der Waals surface area (Å²) in [7, 11) is 1.68. The lowest BCUT2D eigenvalue weighted by molar-refractivity contribution is -0.339. The van der Waals surface area contributed by atoms with Crippen LogP contribution in [0.1, 0.15) is 12.8 Å². The maximum absolute atomic E-state index is 10.8. The molecule has 0 bridgehead atoms. The molecule has 1 saturated heterocycles. The summed E-state index contributed by atoms with van der Waals surface area (Å²) in [5, 5.41) is 2.38. The van der Waals surface area contributed by atoms with Crippen LogP contribution in [0, 0.1) is 0 Å². The van der Waals surface area contributed by atoms with Gasteiger partial charge in [0, 0.05) is 0 Å². The quantitative estimate of drug-likeness (QED) is 0.259. The van der Waals surface area contributed by atoms with Gasteiger partial charge in [-0.15, -0.1) is 0 Å². The average Bonchev–Trinajstić information content (AvgIpc) is 2.02. The van der Waals surface area contributed by atoms with Crippen LogP contribution in [0.4, 0.5) is 0 Å². The van der Waals surface area contributed by atoms with Crippen LogP contribution >= 0.6 is 0 Å². The Balaban J connectivity index is 2.39. The minimum Gasteiger partial charge on any atom is -0.294 e. The van der Waals surface area contributed by atoms with Crippen LogP contribution in [0.15, 0.2) is 0 Å². The summed E-state index contributed by atoms with van der Waals surface area (Å²) in [6, 6.07) is 0. The van der Waals surface area contributed by atoms with Crippen molar-refractivity contribution < 1.29 is 19.5 Å². The lowest BCUT2D eigenvalue weighted by atomic mass is 9.87. The molecule has 0 aromatic heterocycles. The summed E-state index contributed by atoms with van der Waals surface area (Å²) in [5.41, 5.74) is 0. The molecule has 0 aliphatic carbocycles. The van der Waals surface area contributed by atoms with E-state index < -0.39 is 11.9 Å². The third-order valence-corrected chi connectivity index (χ3v) is 1.54. The second-order valence-corrected chi connectivity index (χ2v) is 2.44. The number of aldehydes is 1. The van der Waals surface area contributed by atoms with E-state index in [1.165, 1.54) is 0 Å². The highest BCUT2D eigenvalue weighted by Gasteiger charge is 2.20. The second kappa shape index (κ2) is 5.02. The highest BCUT2D eigenvalue weighted by molar-refractivity contribution is 6.31. The number of carbonyl (C=O) groups is 2. The Hall–Kier alpha value is -0.715. The van der Waals surface area contributed by atoms with Crippen molar-refractivity contribution in [3.05, 3.63) is 0 Å². The zero-order valence-electron chi connectivity index (χ0n) is 6.49. The molecule has 6 heteroatoms. The van der Waals surface area contributed by atoms with Crippen molar-refractivity contribution in [2.24, 2.45) is 0 Å². The monoisotopic (exact) mass is 170 g/mol. The minimum atomic E-state index is -0.760. The molecule has 1 rings (SSSR count). The molecule has 1 atom stereocenters. The number of Topliss-reactive ketones (excluding diaryl/α,β-unsaturated/α-hetero) is 1. The van der Waals surface area contributed by atoms with Gasteiger partial charge in [0.25, 0.3) is 0 Å². The molecule has 1 unspecified atom stereocenters. The number of hydrogen-bond acceptors (Lipinski definition) is 5. The third kappa shape index (κ3) is 2.73. The van der Waals surface area contributed by atoms with Crippen LogP contribution in [-0.4, -0.2) is 25.6 Å². The van der Waals surface area contributed by atoms with Gasteiger partial charge < -0.3 is 0 Å². The summed E-state index contributed by atoms with van der Waals surface area (Å²) in [4.78, 5) is 29.9. The van der Waals surface area contributed by atoms with Crippen molar-refractivity contribution in [1.29, 1.82) is 0 Å². The zero-order valence-corrected chi connectivity index (χ0v) is 6.49. The van der Waals surface area contributed by atoms with Gasteiger partial charge >= 0.3 is 0 Å². The van der Waals surface area contributed by atoms with Crippen molar-refractivity contribution in [1.82, 2.24) is 5.39 Å². The van der Waals surface area contributed by atoms with Crippen molar-refractivity contribution in [3.63, 3.8) is 0 Å². The largest absolute Gasteiger partial charge is 0.294 e. The molecule has 1 heterocycles. The molecule has 0 saturated carbocycles. The Kier molecular flexibility index (Phi) is 3.92.